The zero-order chi connectivity index (χ0) is 22.6. The Balaban J connectivity index is 1.90. The van der Waals surface area contributed by atoms with Gasteiger partial charge in [-0.3, -0.25) is 4.99 Å². The van der Waals surface area contributed by atoms with Crippen molar-refractivity contribution in [3.63, 3.8) is 0 Å². The summed E-state index contributed by atoms with van der Waals surface area (Å²) in [6, 6.07) is 14.2. The van der Waals surface area contributed by atoms with Gasteiger partial charge in [0.25, 0.3) is 0 Å². The van der Waals surface area contributed by atoms with Gasteiger partial charge in [0.15, 0.2) is 0 Å². The van der Waals surface area contributed by atoms with Gasteiger partial charge in [-0.2, -0.15) is 0 Å². The zero-order valence-electron chi connectivity index (χ0n) is 18.1. The monoisotopic (exact) mass is 427 g/mol. The van der Waals surface area contributed by atoms with Crippen molar-refractivity contribution in [3.05, 3.63) is 82.6 Å². The van der Waals surface area contributed by atoms with Crippen LogP contribution in [0, 0.1) is 12.7 Å². The number of aromatic carboxylic acids is 1. The van der Waals surface area contributed by atoms with E-state index in [0.29, 0.717) is 12.2 Å². The predicted molar refractivity (Wildman–Crippen MR) is 124 cm³/mol. The van der Waals surface area contributed by atoms with Gasteiger partial charge in [0.05, 0.1) is 12.1 Å². The fourth-order valence-corrected chi connectivity index (χ4v) is 4.56. The molecule has 6 heteroatoms. The summed E-state index contributed by atoms with van der Waals surface area (Å²) in [5, 5.41) is 10.4. The van der Waals surface area contributed by atoms with E-state index in [1.807, 2.05) is 19.2 Å². The molecule has 4 aromatic rings. The summed E-state index contributed by atoms with van der Waals surface area (Å²) >= 11 is 0. The van der Waals surface area contributed by atoms with Gasteiger partial charge in [0, 0.05) is 39.8 Å². The number of halogens is 1. The largest absolute Gasteiger partial charge is 0.477 e. The lowest BCUT2D eigenvalue weighted by Gasteiger charge is -2.16. The molecule has 0 bridgehead atoms. The Hall–Kier alpha value is -3.80. The first-order valence-electron chi connectivity index (χ1n) is 10.5. The molecular formula is C26H22FN3O2. The second-order valence-corrected chi connectivity index (χ2v) is 8.40. The van der Waals surface area contributed by atoms with Gasteiger partial charge in [0.2, 0.25) is 0 Å². The highest BCUT2D eigenvalue weighted by molar-refractivity contribution is 6.03. The summed E-state index contributed by atoms with van der Waals surface area (Å²) in [5.41, 5.74) is 7.77. The van der Waals surface area contributed by atoms with Crippen LogP contribution in [0.4, 0.5) is 4.39 Å². The molecule has 0 aliphatic carbocycles. The van der Waals surface area contributed by atoms with Crippen LogP contribution in [0.3, 0.4) is 0 Å². The molecule has 5 nitrogen and oxygen atoms in total. The van der Waals surface area contributed by atoms with Crippen molar-refractivity contribution < 1.29 is 14.3 Å². The summed E-state index contributed by atoms with van der Waals surface area (Å²) in [5.74, 6) is -1.19. The first-order chi connectivity index (χ1) is 15.3. The van der Waals surface area contributed by atoms with E-state index in [2.05, 4.69) is 40.5 Å². The predicted octanol–water partition coefficient (Wildman–Crippen LogP) is 5.89. The summed E-state index contributed by atoms with van der Waals surface area (Å²) in [4.78, 5) is 20.2. The molecule has 32 heavy (non-hydrogen) atoms. The Kier molecular flexibility index (Phi) is 4.66. The zero-order valence-corrected chi connectivity index (χ0v) is 18.1. The molecule has 2 aromatic carbocycles. The number of pyridine rings is 1. The Morgan fingerprint density at radius 2 is 1.88 bits per heavy atom. The van der Waals surface area contributed by atoms with Crippen LogP contribution in [-0.2, 0) is 6.54 Å². The van der Waals surface area contributed by atoms with Crippen molar-refractivity contribution in [2.45, 2.75) is 33.2 Å². The number of hydrogen-bond acceptors (Lipinski definition) is 3. The first-order valence-corrected chi connectivity index (χ1v) is 10.5. The van der Waals surface area contributed by atoms with Crippen molar-refractivity contribution in [1.29, 1.82) is 0 Å². The summed E-state index contributed by atoms with van der Waals surface area (Å²) in [6.07, 6.45) is 1.89. The number of carbonyl (C=O) groups is 1. The summed E-state index contributed by atoms with van der Waals surface area (Å²) < 4.78 is 15.9. The van der Waals surface area contributed by atoms with Crippen molar-refractivity contribution >= 4 is 23.1 Å². The quantitative estimate of drug-likeness (QED) is 0.441. The number of fused-ring (bicyclic) bond motifs is 2. The van der Waals surface area contributed by atoms with E-state index in [1.54, 1.807) is 18.2 Å². The lowest BCUT2D eigenvalue weighted by atomic mass is 9.94. The van der Waals surface area contributed by atoms with E-state index in [9.17, 15) is 14.3 Å². The standard InChI is InChI=1S/C26H22FN3O2/c1-14(2)25-24(20-8-9-22(26(31)32)29-15(20)3)21-10-16-12-28-13-17(16)11-23(21)30(25)19-6-4-18(27)5-7-19/h4-11,13-14H,12H2,1-3H3,(H,31,32). The average Bonchev–Trinajstić information content (AvgIpc) is 3.34. The molecule has 1 N–H and O–H groups in total. The van der Waals surface area contributed by atoms with Crippen LogP contribution in [0.25, 0.3) is 27.7 Å². The highest BCUT2D eigenvalue weighted by atomic mass is 19.1. The van der Waals surface area contributed by atoms with E-state index < -0.39 is 5.97 Å². The summed E-state index contributed by atoms with van der Waals surface area (Å²) in [7, 11) is 0. The number of rotatable bonds is 4. The number of nitrogens with zero attached hydrogens (tertiary/aromatic N) is 3. The van der Waals surface area contributed by atoms with Crippen LogP contribution in [0.15, 0.2) is 53.5 Å². The maximum absolute atomic E-state index is 13.7. The van der Waals surface area contributed by atoms with Crippen molar-refractivity contribution in [2.24, 2.45) is 4.99 Å². The van der Waals surface area contributed by atoms with Gasteiger partial charge in [-0.05, 0) is 66.4 Å². The highest BCUT2D eigenvalue weighted by Crippen LogP contribution is 2.42. The van der Waals surface area contributed by atoms with Crippen molar-refractivity contribution in [1.82, 2.24) is 9.55 Å². The second kappa shape index (κ2) is 7.41. The normalized spacial score (nSPS) is 12.7. The van der Waals surface area contributed by atoms with Crippen molar-refractivity contribution in [2.75, 3.05) is 0 Å². The maximum atomic E-state index is 13.7. The van der Waals surface area contributed by atoms with Gasteiger partial charge in [-0.15, -0.1) is 0 Å². The third kappa shape index (κ3) is 3.11. The van der Waals surface area contributed by atoms with Gasteiger partial charge in [-0.25, -0.2) is 14.2 Å². The highest BCUT2D eigenvalue weighted by Gasteiger charge is 2.25. The molecular weight excluding hydrogens is 405 g/mol. The lowest BCUT2D eigenvalue weighted by Crippen LogP contribution is -2.05. The molecule has 0 fully saturated rings. The van der Waals surface area contributed by atoms with Crippen LogP contribution in [-0.4, -0.2) is 26.8 Å². The SMILES string of the molecule is Cc1nc(C(=O)O)ccc1-c1c(C(C)C)n(-c2ccc(F)cc2)c2cc3c(cc12)CN=C3. The molecule has 1 aliphatic rings. The van der Waals surface area contributed by atoms with Crippen LogP contribution in [0.1, 0.15) is 52.8 Å². The number of aromatic nitrogens is 2. The second-order valence-electron chi connectivity index (χ2n) is 8.40. The molecule has 0 saturated carbocycles. The molecule has 0 saturated heterocycles. The number of carboxylic acids is 1. The Morgan fingerprint density at radius 1 is 1.12 bits per heavy atom. The smallest absolute Gasteiger partial charge is 0.354 e. The topological polar surface area (TPSA) is 67.5 Å². The molecule has 3 heterocycles. The minimum Gasteiger partial charge on any atom is -0.477 e. The Labute approximate surface area is 184 Å². The Bertz CT molecular complexity index is 1420. The number of aliphatic imine (C=N–C) groups is 1. The van der Waals surface area contributed by atoms with Crippen LogP contribution < -0.4 is 0 Å². The minimum absolute atomic E-state index is 0.0221. The van der Waals surface area contributed by atoms with Gasteiger partial charge < -0.3 is 9.67 Å². The molecule has 0 atom stereocenters. The van der Waals surface area contributed by atoms with E-state index >= 15 is 0 Å². The van der Waals surface area contributed by atoms with Gasteiger partial charge >= 0.3 is 5.97 Å². The van der Waals surface area contributed by atoms with Crippen molar-refractivity contribution in [3.8, 4) is 16.8 Å². The maximum Gasteiger partial charge on any atom is 0.354 e. The fourth-order valence-electron chi connectivity index (χ4n) is 4.56. The van der Waals surface area contributed by atoms with E-state index in [4.69, 9.17) is 0 Å². The summed E-state index contributed by atoms with van der Waals surface area (Å²) in [6.45, 7) is 6.73. The molecule has 0 amide bonds. The number of hydrogen-bond donors (Lipinski definition) is 1. The Morgan fingerprint density at radius 3 is 2.53 bits per heavy atom. The molecule has 1 aliphatic heterocycles. The molecule has 0 spiro atoms. The van der Waals surface area contributed by atoms with E-state index in [1.165, 1.54) is 12.1 Å². The minimum atomic E-state index is -1.05. The third-order valence-corrected chi connectivity index (χ3v) is 5.96. The number of aryl methyl sites for hydroxylation is 1. The molecule has 0 radical (unpaired) electrons. The van der Waals surface area contributed by atoms with E-state index in [0.717, 1.165) is 44.5 Å². The lowest BCUT2D eigenvalue weighted by molar-refractivity contribution is 0.0690. The molecule has 0 unspecified atom stereocenters. The van der Waals surface area contributed by atoms with Gasteiger partial charge in [0.1, 0.15) is 11.5 Å². The number of benzene rings is 2. The van der Waals surface area contributed by atoms with Crippen LogP contribution >= 0.6 is 0 Å². The molecule has 5 rings (SSSR count). The van der Waals surface area contributed by atoms with Crippen LogP contribution in [0.2, 0.25) is 0 Å². The van der Waals surface area contributed by atoms with Gasteiger partial charge in [-0.1, -0.05) is 19.9 Å². The molecule has 2 aromatic heterocycles. The molecule has 160 valence electrons. The van der Waals surface area contributed by atoms with Crippen LogP contribution in [0.5, 0.6) is 0 Å². The fraction of sp³-hybridized carbons (Fsp3) is 0.192. The third-order valence-electron chi connectivity index (χ3n) is 5.96. The van der Waals surface area contributed by atoms with E-state index in [-0.39, 0.29) is 17.4 Å². The first kappa shape index (κ1) is 20.1. The average molecular weight is 427 g/mol. The number of carboxylic acid groups (broad SMARTS) is 1.